The van der Waals surface area contributed by atoms with E-state index in [1.54, 1.807) is 0 Å². The molecule has 0 heterocycles. The molecule has 86 valence electrons. The fourth-order valence-electron chi connectivity index (χ4n) is 1.60. The number of ether oxygens (including phenoxy) is 1. The summed E-state index contributed by atoms with van der Waals surface area (Å²) in [5, 5.41) is 2.65. The van der Waals surface area contributed by atoms with Crippen LogP contribution in [0.2, 0.25) is 0 Å². The maximum Gasteiger partial charge on any atom is 0.307 e. The molecular weight excluding hydrogens is 196 g/mol. The van der Waals surface area contributed by atoms with Crippen LogP contribution in [0, 0.1) is 0 Å². The molecule has 0 aromatic carbocycles. The second-order valence-corrected chi connectivity index (χ2v) is 4.07. The molecule has 0 bridgehead atoms. The number of hydrogen-bond donors (Lipinski definition) is 2. The lowest BCUT2D eigenvalue weighted by Gasteiger charge is -2.37. The van der Waals surface area contributed by atoms with Crippen molar-refractivity contribution in [2.75, 3.05) is 13.7 Å². The molecule has 1 aliphatic rings. The highest BCUT2D eigenvalue weighted by molar-refractivity contribution is 5.78. The number of nitrogens with one attached hydrogen (secondary N) is 1. The molecule has 15 heavy (non-hydrogen) atoms. The van der Waals surface area contributed by atoms with Crippen molar-refractivity contribution in [3.8, 4) is 0 Å². The summed E-state index contributed by atoms with van der Waals surface area (Å²) in [7, 11) is 1.33. The summed E-state index contributed by atoms with van der Waals surface area (Å²) in [4.78, 5) is 22.1. The Labute approximate surface area is 89.3 Å². The summed E-state index contributed by atoms with van der Waals surface area (Å²) < 4.78 is 4.45. The second kappa shape index (κ2) is 5.11. The molecule has 5 nitrogen and oxygen atoms in total. The molecule has 0 atom stereocenters. The fourth-order valence-corrected chi connectivity index (χ4v) is 1.60. The Morgan fingerprint density at radius 2 is 2.13 bits per heavy atom. The quantitative estimate of drug-likeness (QED) is 0.628. The number of methoxy groups -OCH3 is 1. The summed E-state index contributed by atoms with van der Waals surface area (Å²) in [6, 6.07) is 0. The number of nitrogens with two attached hydrogens (primary N) is 1. The van der Waals surface area contributed by atoms with E-state index < -0.39 is 0 Å². The van der Waals surface area contributed by atoms with Crippen LogP contribution in [0.15, 0.2) is 0 Å². The van der Waals surface area contributed by atoms with Crippen LogP contribution < -0.4 is 11.1 Å². The van der Waals surface area contributed by atoms with Gasteiger partial charge in [-0.05, 0) is 19.3 Å². The summed E-state index contributed by atoms with van der Waals surface area (Å²) in [5.41, 5.74) is 5.61. The van der Waals surface area contributed by atoms with Gasteiger partial charge in [-0.3, -0.25) is 9.59 Å². The van der Waals surface area contributed by atoms with Crippen molar-refractivity contribution in [2.24, 2.45) is 5.73 Å². The van der Waals surface area contributed by atoms with Crippen molar-refractivity contribution in [1.82, 2.24) is 5.32 Å². The Hall–Kier alpha value is -1.10. The molecule has 1 amide bonds. The minimum atomic E-state index is -0.318. The normalized spacial score (nSPS) is 17.7. The van der Waals surface area contributed by atoms with Crippen LogP contribution in [-0.4, -0.2) is 31.1 Å². The van der Waals surface area contributed by atoms with Gasteiger partial charge in [0, 0.05) is 18.5 Å². The van der Waals surface area contributed by atoms with Crippen molar-refractivity contribution in [2.45, 2.75) is 37.6 Å². The number of esters is 1. The minimum Gasteiger partial charge on any atom is -0.469 e. The third-order valence-electron chi connectivity index (χ3n) is 2.74. The molecule has 0 aromatic heterocycles. The first-order valence-electron chi connectivity index (χ1n) is 5.18. The van der Waals surface area contributed by atoms with Gasteiger partial charge in [0.1, 0.15) is 0 Å². The van der Waals surface area contributed by atoms with Gasteiger partial charge in [0.2, 0.25) is 5.91 Å². The molecule has 5 heteroatoms. The standard InChI is InChI=1S/C10H18N2O3/c1-15-9(14)3-6-12-8(13)7-10(11)4-2-5-10/h2-7,11H2,1H3,(H,12,13). The van der Waals surface area contributed by atoms with Crippen LogP contribution in [0.25, 0.3) is 0 Å². The predicted octanol–water partition coefficient (Wildman–Crippen LogP) is -0.0628. The average molecular weight is 214 g/mol. The van der Waals surface area contributed by atoms with Crippen LogP contribution >= 0.6 is 0 Å². The third kappa shape index (κ3) is 3.87. The van der Waals surface area contributed by atoms with Crippen LogP contribution in [0.4, 0.5) is 0 Å². The minimum absolute atomic E-state index is 0.0823. The zero-order valence-corrected chi connectivity index (χ0v) is 9.04. The molecule has 0 unspecified atom stereocenters. The van der Waals surface area contributed by atoms with Crippen LogP contribution in [0.5, 0.6) is 0 Å². The highest BCUT2D eigenvalue weighted by Gasteiger charge is 2.34. The van der Waals surface area contributed by atoms with Crippen LogP contribution in [0.1, 0.15) is 32.1 Å². The van der Waals surface area contributed by atoms with E-state index in [0.717, 1.165) is 19.3 Å². The molecule has 3 N–H and O–H groups in total. The molecule has 0 aromatic rings. The van der Waals surface area contributed by atoms with E-state index in [-0.39, 0.29) is 23.8 Å². The summed E-state index contributed by atoms with van der Waals surface area (Å²) in [6.07, 6.45) is 3.49. The zero-order chi connectivity index (χ0) is 11.3. The fraction of sp³-hybridized carbons (Fsp3) is 0.800. The molecule has 1 rings (SSSR count). The highest BCUT2D eigenvalue weighted by Crippen LogP contribution is 2.31. The van der Waals surface area contributed by atoms with E-state index in [2.05, 4.69) is 10.1 Å². The van der Waals surface area contributed by atoms with Gasteiger partial charge in [0.25, 0.3) is 0 Å². The monoisotopic (exact) mass is 214 g/mol. The Balaban J connectivity index is 2.11. The number of carbonyl (C=O) groups is 2. The largest absolute Gasteiger partial charge is 0.469 e. The zero-order valence-electron chi connectivity index (χ0n) is 9.04. The van der Waals surface area contributed by atoms with Gasteiger partial charge in [-0.15, -0.1) is 0 Å². The van der Waals surface area contributed by atoms with Crippen molar-refractivity contribution in [3.63, 3.8) is 0 Å². The van der Waals surface area contributed by atoms with Crippen LogP contribution in [0.3, 0.4) is 0 Å². The topological polar surface area (TPSA) is 81.4 Å². The van der Waals surface area contributed by atoms with Crippen molar-refractivity contribution in [1.29, 1.82) is 0 Å². The van der Waals surface area contributed by atoms with Gasteiger partial charge in [0.05, 0.1) is 13.5 Å². The van der Waals surface area contributed by atoms with Crippen molar-refractivity contribution >= 4 is 11.9 Å². The first kappa shape index (κ1) is 12.0. The predicted molar refractivity (Wildman–Crippen MR) is 55.0 cm³/mol. The lowest BCUT2D eigenvalue weighted by atomic mass is 9.75. The van der Waals surface area contributed by atoms with E-state index in [1.807, 2.05) is 0 Å². The van der Waals surface area contributed by atoms with Gasteiger partial charge in [-0.1, -0.05) is 0 Å². The lowest BCUT2D eigenvalue weighted by Crippen LogP contribution is -2.50. The second-order valence-electron chi connectivity index (χ2n) is 4.07. The summed E-state index contributed by atoms with van der Waals surface area (Å²) in [6.45, 7) is 0.321. The first-order valence-corrected chi connectivity index (χ1v) is 5.18. The third-order valence-corrected chi connectivity index (χ3v) is 2.74. The van der Waals surface area contributed by atoms with Crippen molar-refractivity contribution < 1.29 is 14.3 Å². The molecule has 1 saturated carbocycles. The van der Waals surface area contributed by atoms with Crippen molar-refractivity contribution in [3.05, 3.63) is 0 Å². The maximum absolute atomic E-state index is 11.4. The van der Waals surface area contributed by atoms with Gasteiger partial charge < -0.3 is 15.8 Å². The highest BCUT2D eigenvalue weighted by atomic mass is 16.5. The van der Waals surface area contributed by atoms with E-state index in [4.69, 9.17) is 5.73 Å². The summed E-state index contributed by atoms with van der Waals surface area (Å²) in [5.74, 6) is -0.400. The number of rotatable bonds is 5. The number of carbonyl (C=O) groups excluding carboxylic acids is 2. The van der Waals surface area contributed by atoms with E-state index in [9.17, 15) is 9.59 Å². The average Bonchev–Trinajstić information content (AvgIpc) is 2.15. The lowest BCUT2D eigenvalue weighted by molar-refractivity contribution is -0.140. The molecule has 0 aliphatic heterocycles. The van der Waals surface area contributed by atoms with E-state index in [1.165, 1.54) is 7.11 Å². The SMILES string of the molecule is COC(=O)CCNC(=O)CC1(N)CCC1. The Morgan fingerprint density at radius 3 is 2.60 bits per heavy atom. The molecule has 0 spiro atoms. The Morgan fingerprint density at radius 1 is 1.47 bits per heavy atom. The summed E-state index contributed by atoms with van der Waals surface area (Å²) >= 11 is 0. The van der Waals surface area contributed by atoms with Gasteiger partial charge in [-0.2, -0.15) is 0 Å². The molecular formula is C10H18N2O3. The van der Waals surface area contributed by atoms with E-state index >= 15 is 0 Å². The molecule has 0 saturated heterocycles. The Bertz CT molecular complexity index is 249. The maximum atomic E-state index is 11.4. The molecule has 0 radical (unpaired) electrons. The van der Waals surface area contributed by atoms with Gasteiger partial charge in [-0.25, -0.2) is 0 Å². The molecule has 1 aliphatic carbocycles. The van der Waals surface area contributed by atoms with Gasteiger partial charge >= 0.3 is 5.97 Å². The van der Waals surface area contributed by atoms with Gasteiger partial charge in [0.15, 0.2) is 0 Å². The van der Waals surface area contributed by atoms with E-state index in [0.29, 0.717) is 13.0 Å². The molecule has 1 fully saturated rings. The van der Waals surface area contributed by atoms with Crippen LogP contribution in [-0.2, 0) is 14.3 Å². The number of hydrogen-bond acceptors (Lipinski definition) is 4. The smallest absolute Gasteiger partial charge is 0.307 e. The number of amides is 1. The Kier molecular flexibility index (Phi) is 4.08. The first-order chi connectivity index (χ1) is 7.06.